The third-order valence-electron chi connectivity index (χ3n) is 3.34. The molecule has 0 radical (unpaired) electrons. The standard InChI is InChI=1S/C13H23NO4S2.C2HF3O2/c1-10(11-3-2-6-18-11)9-12(15)14-5-8-20-19-7-4-13(16)17;3-2(4,5)1(6)7/h10-11H,2-9H2,1H3,(H,14,15)(H,16,17);(H,6,7). The molecule has 158 valence electrons. The van der Waals surface area contributed by atoms with Gasteiger partial charge < -0.3 is 20.3 Å². The Kier molecular flexibility index (Phi) is 13.4. The van der Waals surface area contributed by atoms with E-state index in [4.69, 9.17) is 19.7 Å². The molecule has 1 aliphatic rings. The molecule has 1 fully saturated rings. The van der Waals surface area contributed by atoms with E-state index in [-0.39, 0.29) is 24.3 Å². The van der Waals surface area contributed by atoms with E-state index < -0.39 is 18.1 Å². The predicted octanol–water partition coefficient (Wildman–Crippen LogP) is 2.80. The normalized spacial score (nSPS) is 17.6. The summed E-state index contributed by atoms with van der Waals surface area (Å²) in [4.78, 5) is 30.9. The molecule has 0 bridgehead atoms. The van der Waals surface area contributed by atoms with Crippen LogP contribution >= 0.6 is 21.6 Å². The van der Waals surface area contributed by atoms with Crippen molar-refractivity contribution in [1.82, 2.24) is 5.32 Å². The summed E-state index contributed by atoms with van der Waals surface area (Å²) in [5, 5.41) is 18.5. The minimum Gasteiger partial charge on any atom is -0.481 e. The third kappa shape index (κ3) is 14.6. The number of hydrogen-bond donors (Lipinski definition) is 3. The second-order valence-corrected chi connectivity index (χ2v) is 8.38. The van der Waals surface area contributed by atoms with Crippen molar-refractivity contribution >= 4 is 39.4 Å². The molecule has 0 saturated carbocycles. The average molecular weight is 435 g/mol. The average Bonchev–Trinajstić information content (AvgIpc) is 3.08. The monoisotopic (exact) mass is 435 g/mol. The number of ether oxygens (including phenoxy) is 1. The van der Waals surface area contributed by atoms with E-state index in [0.717, 1.165) is 25.2 Å². The first-order valence-electron chi connectivity index (χ1n) is 8.18. The number of hydrogen-bond acceptors (Lipinski definition) is 6. The zero-order valence-corrected chi connectivity index (χ0v) is 16.4. The van der Waals surface area contributed by atoms with Gasteiger partial charge in [-0.2, -0.15) is 13.2 Å². The summed E-state index contributed by atoms with van der Waals surface area (Å²) >= 11 is 0. The van der Waals surface area contributed by atoms with Gasteiger partial charge in [-0.15, -0.1) is 0 Å². The van der Waals surface area contributed by atoms with Gasteiger partial charge in [0.25, 0.3) is 0 Å². The molecule has 0 aromatic heterocycles. The summed E-state index contributed by atoms with van der Waals surface area (Å²) in [6.45, 7) is 3.51. The van der Waals surface area contributed by atoms with Crippen LogP contribution in [0.2, 0.25) is 0 Å². The Balaban J connectivity index is 0.000000821. The summed E-state index contributed by atoms with van der Waals surface area (Å²) in [7, 11) is 3.13. The summed E-state index contributed by atoms with van der Waals surface area (Å²) in [5.41, 5.74) is 0. The highest BCUT2D eigenvalue weighted by molar-refractivity contribution is 8.76. The van der Waals surface area contributed by atoms with Gasteiger partial charge in [-0.25, -0.2) is 4.79 Å². The van der Waals surface area contributed by atoms with Gasteiger partial charge in [-0.05, 0) is 18.8 Å². The Morgan fingerprint density at radius 3 is 2.30 bits per heavy atom. The Hall–Kier alpha value is -1.14. The number of rotatable bonds is 10. The van der Waals surface area contributed by atoms with Crippen LogP contribution in [0, 0.1) is 5.92 Å². The fourth-order valence-electron chi connectivity index (χ4n) is 2.03. The minimum atomic E-state index is -5.08. The highest BCUT2D eigenvalue weighted by atomic mass is 33.1. The molecule has 2 atom stereocenters. The summed E-state index contributed by atoms with van der Waals surface area (Å²) < 4.78 is 37.3. The fraction of sp³-hybridized carbons (Fsp3) is 0.800. The van der Waals surface area contributed by atoms with E-state index in [1.165, 1.54) is 10.8 Å². The molecule has 12 heteroatoms. The molecule has 1 saturated heterocycles. The van der Waals surface area contributed by atoms with Crippen LogP contribution < -0.4 is 5.32 Å². The Bertz CT molecular complexity index is 473. The van der Waals surface area contributed by atoms with Crippen LogP contribution in [0.5, 0.6) is 0 Å². The first-order chi connectivity index (χ1) is 12.5. The van der Waals surface area contributed by atoms with E-state index in [1.807, 2.05) is 0 Å². The number of carbonyl (C=O) groups is 3. The number of halogens is 3. The number of carboxylic acids is 2. The number of nitrogens with one attached hydrogen (secondary N) is 1. The molecular formula is C15H24F3NO6S2. The molecule has 0 aliphatic carbocycles. The number of alkyl halides is 3. The summed E-state index contributed by atoms with van der Waals surface area (Å²) in [6.07, 6.45) is -1.99. The van der Waals surface area contributed by atoms with Gasteiger partial charge in [-0.1, -0.05) is 28.5 Å². The van der Waals surface area contributed by atoms with E-state index in [1.54, 1.807) is 10.8 Å². The molecule has 0 aromatic rings. The van der Waals surface area contributed by atoms with E-state index in [0.29, 0.717) is 18.7 Å². The molecule has 0 spiro atoms. The lowest BCUT2D eigenvalue weighted by molar-refractivity contribution is -0.192. The van der Waals surface area contributed by atoms with Crippen LogP contribution in [0.3, 0.4) is 0 Å². The number of amides is 1. The molecule has 1 aliphatic heterocycles. The van der Waals surface area contributed by atoms with Gasteiger partial charge in [0.1, 0.15) is 0 Å². The minimum absolute atomic E-state index is 0.0733. The van der Waals surface area contributed by atoms with Gasteiger partial charge in [0, 0.05) is 31.1 Å². The zero-order chi connectivity index (χ0) is 20.9. The molecule has 7 nitrogen and oxygen atoms in total. The highest BCUT2D eigenvalue weighted by Gasteiger charge is 2.38. The third-order valence-corrected chi connectivity index (χ3v) is 5.75. The molecule has 1 rings (SSSR count). The zero-order valence-electron chi connectivity index (χ0n) is 14.8. The first-order valence-corrected chi connectivity index (χ1v) is 10.7. The van der Waals surface area contributed by atoms with E-state index >= 15 is 0 Å². The van der Waals surface area contributed by atoms with Crippen molar-refractivity contribution in [3.05, 3.63) is 0 Å². The number of carbonyl (C=O) groups excluding carboxylic acids is 1. The van der Waals surface area contributed by atoms with Gasteiger partial charge in [-0.3, -0.25) is 9.59 Å². The van der Waals surface area contributed by atoms with Gasteiger partial charge in [0.15, 0.2) is 0 Å². The van der Waals surface area contributed by atoms with Crippen LogP contribution in [-0.2, 0) is 19.1 Å². The SMILES string of the molecule is CC(CC(=O)NCCSSCCC(=O)O)C1CCCO1.O=C(O)C(F)(F)F. The molecule has 2 unspecified atom stereocenters. The lowest BCUT2D eigenvalue weighted by Crippen LogP contribution is -2.30. The molecular weight excluding hydrogens is 411 g/mol. The van der Waals surface area contributed by atoms with Gasteiger partial charge >= 0.3 is 18.1 Å². The van der Waals surface area contributed by atoms with Crippen molar-refractivity contribution in [2.24, 2.45) is 5.92 Å². The Morgan fingerprint density at radius 2 is 1.81 bits per heavy atom. The van der Waals surface area contributed by atoms with E-state index in [2.05, 4.69) is 12.2 Å². The molecule has 1 heterocycles. The van der Waals surface area contributed by atoms with Crippen molar-refractivity contribution in [2.75, 3.05) is 24.7 Å². The smallest absolute Gasteiger partial charge is 0.481 e. The van der Waals surface area contributed by atoms with Crippen molar-refractivity contribution in [3.63, 3.8) is 0 Å². The van der Waals surface area contributed by atoms with Crippen molar-refractivity contribution in [2.45, 2.75) is 44.9 Å². The second-order valence-electron chi connectivity index (χ2n) is 5.67. The predicted molar refractivity (Wildman–Crippen MR) is 96.6 cm³/mol. The van der Waals surface area contributed by atoms with Crippen molar-refractivity contribution < 1.29 is 42.5 Å². The van der Waals surface area contributed by atoms with Crippen LogP contribution in [0.25, 0.3) is 0 Å². The topological polar surface area (TPSA) is 113 Å². The van der Waals surface area contributed by atoms with Crippen molar-refractivity contribution in [1.29, 1.82) is 0 Å². The maximum Gasteiger partial charge on any atom is 0.490 e. The van der Waals surface area contributed by atoms with Gasteiger partial charge in [0.05, 0.1) is 12.5 Å². The molecule has 27 heavy (non-hydrogen) atoms. The summed E-state index contributed by atoms with van der Waals surface area (Å²) in [5.74, 6) is -1.78. The maximum atomic E-state index is 11.7. The molecule has 3 N–H and O–H groups in total. The van der Waals surface area contributed by atoms with Crippen LogP contribution in [0.1, 0.15) is 32.6 Å². The molecule has 1 amide bonds. The van der Waals surface area contributed by atoms with E-state index in [9.17, 15) is 22.8 Å². The van der Waals surface area contributed by atoms with Gasteiger partial charge in [0.2, 0.25) is 5.91 Å². The largest absolute Gasteiger partial charge is 0.490 e. The highest BCUT2D eigenvalue weighted by Crippen LogP contribution is 2.23. The van der Waals surface area contributed by atoms with Crippen LogP contribution in [0.4, 0.5) is 13.2 Å². The quantitative estimate of drug-likeness (QED) is 0.355. The summed E-state index contributed by atoms with van der Waals surface area (Å²) in [6, 6.07) is 0. The Labute approximate surface area is 163 Å². The maximum absolute atomic E-state index is 11.7. The van der Waals surface area contributed by atoms with Crippen LogP contribution in [-0.4, -0.2) is 65.0 Å². The number of carboxylic acid groups (broad SMARTS) is 2. The lowest BCUT2D eigenvalue weighted by atomic mass is 9.98. The first kappa shape index (κ1) is 25.9. The number of aliphatic carboxylic acids is 2. The Morgan fingerprint density at radius 1 is 1.22 bits per heavy atom. The van der Waals surface area contributed by atoms with Crippen molar-refractivity contribution in [3.8, 4) is 0 Å². The van der Waals surface area contributed by atoms with Crippen LogP contribution in [0.15, 0.2) is 0 Å². The fourth-order valence-corrected chi connectivity index (χ4v) is 3.91. The lowest BCUT2D eigenvalue weighted by Gasteiger charge is -2.17. The second kappa shape index (κ2) is 13.9. The molecule has 0 aromatic carbocycles.